The Balaban J connectivity index is 1.51. The predicted molar refractivity (Wildman–Crippen MR) is 135 cm³/mol. The van der Waals surface area contributed by atoms with E-state index in [1.165, 1.54) is 6.07 Å². The highest BCUT2D eigenvalue weighted by atomic mass is 32.1. The van der Waals surface area contributed by atoms with Gasteiger partial charge in [-0.1, -0.05) is 39.0 Å². The Kier molecular flexibility index (Phi) is 6.42. The Labute approximate surface area is 197 Å². The van der Waals surface area contributed by atoms with Gasteiger partial charge in [-0.15, -0.1) is 0 Å². The number of nitrogens with zero attached hydrogens (tertiary/aromatic N) is 1. The van der Waals surface area contributed by atoms with Crippen LogP contribution in [0.2, 0.25) is 0 Å². The number of carbonyl (C=O) groups is 1. The van der Waals surface area contributed by atoms with Crippen molar-refractivity contribution in [2.45, 2.75) is 33.1 Å². The van der Waals surface area contributed by atoms with Gasteiger partial charge in [0.15, 0.2) is 10.7 Å². The molecule has 0 saturated carbocycles. The molecule has 0 spiro atoms. The number of phenols is 1. The molecule has 4 rings (SSSR count). The summed E-state index contributed by atoms with van der Waals surface area (Å²) in [5, 5.41) is 16.2. The fraction of sp³-hybridized carbons (Fsp3) is 0.192. The molecule has 0 radical (unpaired) electrons. The molecule has 1 heterocycles. The van der Waals surface area contributed by atoms with E-state index in [4.69, 9.17) is 16.6 Å². The van der Waals surface area contributed by atoms with Crippen LogP contribution in [-0.4, -0.2) is 21.1 Å². The summed E-state index contributed by atoms with van der Waals surface area (Å²) in [5.74, 6) is 0.408. The first kappa shape index (κ1) is 22.5. The lowest BCUT2D eigenvalue weighted by Crippen LogP contribution is -2.34. The Bertz CT molecular complexity index is 1330. The van der Waals surface area contributed by atoms with Crippen molar-refractivity contribution in [3.63, 3.8) is 0 Å². The number of phenolic OH excluding ortho intramolecular Hbond substituents is 1. The van der Waals surface area contributed by atoms with Crippen molar-refractivity contribution in [2.75, 3.05) is 5.32 Å². The summed E-state index contributed by atoms with van der Waals surface area (Å²) in [6, 6.07) is 18.1. The molecule has 168 valence electrons. The largest absolute Gasteiger partial charge is 0.507 e. The van der Waals surface area contributed by atoms with Crippen molar-refractivity contribution in [2.24, 2.45) is 0 Å². The zero-order valence-electron chi connectivity index (χ0n) is 18.7. The van der Waals surface area contributed by atoms with Gasteiger partial charge in [-0.3, -0.25) is 10.1 Å². The number of hydrogen-bond acceptors (Lipinski definition) is 5. The van der Waals surface area contributed by atoms with Crippen LogP contribution in [-0.2, 0) is 6.42 Å². The van der Waals surface area contributed by atoms with Gasteiger partial charge >= 0.3 is 0 Å². The van der Waals surface area contributed by atoms with Gasteiger partial charge in [-0.25, -0.2) is 4.98 Å². The predicted octanol–water partition coefficient (Wildman–Crippen LogP) is 6.01. The van der Waals surface area contributed by atoms with Crippen molar-refractivity contribution in [1.82, 2.24) is 10.3 Å². The summed E-state index contributed by atoms with van der Waals surface area (Å²) in [4.78, 5) is 17.0. The van der Waals surface area contributed by atoms with Gasteiger partial charge in [0.2, 0.25) is 5.89 Å². The number of anilines is 1. The van der Waals surface area contributed by atoms with Gasteiger partial charge in [0, 0.05) is 11.3 Å². The maximum absolute atomic E-state index is 12.5. The molecule has 0 saturated heterocycles. The third-order valence-corrected chi connectivity index (χ3v) is 5.62. The second-order valence-electron chi connectivity index (χ2n) is 8.09. The van der Waals surface area contributed by atoms with Crippen LogP contribution in [0.4, 0.5) is 5.69 Å². The minimum atomic E-state index is -0.297. The molecule has 7 heteroatoms. The normalized spacial score (nSPS) is 11.0. The van der Waals surface area contributed by atoms with Crippen LogP contribution in [0, 0.1) is 0 Å². The van der Waals surface area contributed by atoms with E-state index < -0.39 is 0 Å². The quantitative estimate of drug-likeness (QED) is 0.250. The van der Waals surface area contributed by atoms with Gasteiger partial charge in [-0.05, 0) is 78.1 Å². The van der Waals surface area contributed by atoms with Gasteiger partial charge in [0.05, 0.1) is 5.56 Å². The summed E-state index contributed by atoms with van der Waals surface area (Å²) in [7, 11) is 0. The topological polar surface area (TPSA) is 87.4 Å². The molecule has 0 aliphatic heterocycles. The molecule has 0 aliphatic carbocycles. The van der Waals surface area contributed by atoms with Crippen LogP contribution in [0.1, 0.15) is 48.2 Å². The number of thiocarbonyl (C=S) groups is 1. The zero-order chi connectivity index (χ0) is 23.5. The number of hydrogen-bond donors (Lipinski definition) is 3. The van der Waals surface area contributed by atoms with E-state index in [-0.39, 0.29) is 16.8 Å². The number of rotatable bonds is 5. The highest BCUT2D eigenvalue weighted by molar-refractivity contribution is 7.80. The van der Waals surface area contributed by atoms with E-state index in [0.717, 1.165) is 23.1 Å². The molecule has 3 N–H and O–H groups in total. The average Bonchev–Trinajstić information content (AvgIpc) is 3.23. The lowest BCUT2D eigenvalue weighted by molar-refractivity contribution is 0.0977. The molecule has 4 aromatic rings. The van der Waals surface area contributed by atoms with E-state index in [1.807, 2.05) is 30.3 Å². The molecule has 0 aliphatic rings. The van der Waals surface area contributed by atoms with Crippen LogP contribution in [0.3, 0.4) is 0 Å². The first-order valence-corrected chi connectivity index (χ1v) is 11.2. The average molecular weight is 460 g/mol. The molecule has 0 atom stereocenters. The van der Waals surface area contributed by atoms with Crippen molar-refractivity contribution in [3.8, 4) is 17.2 Å². The standard InChI is InChI=1S/C26H25N3O3S/c1-4-16-5-7-17(8-6-16)24(31)29-26(33)27-19-10-11-22(30)20(14-19)25-28-21-13-18(15(2)3)9-12-23(21)32-25/h5-15,30H,4H2,1-3H3,(H2,27,29,31,33). The lowest BCUT2D eigenvalue weighted by Gasteiger charge is -2.11. The van der Waals surface area contributed by atoms with Crippen molar-refractivity contribution < 1.29 is 14.3 Å². The summed E-state index contributed by atoms with van der Waals surface area (Å²) < 4.78 is 5.87. The third kappa shape index (κ3) is 5.04. The molecule has 6 nitrogen and oxygen atoms in total. The van der Waals surface area contributed by atoms with Crippen molar-refractivity contribution >= 4 is 40.0 Å². The Morgan fingerprint density at radius 1 is 1.09 bits per heavy atom. The molecule has 33 heavy (non-hydrogen) atoms. The van der Waals surface area contributed by atoms with E-state index in [0.29, 0.717) is 34.2 Å². The molecule has 1 amide bonds. The van der Waals surface area contributed by atoms with Crippen LogP contribution >= 0.6 is 12.2 Å². The van der Waals surface area contributed by atoms with Gasteiger partial charge in [0.25, 0.3) is 5.91 Å². The summed E-state index contributed by atoms with van der Waals surface area (Å²) in [6.45, 7) is 6.29. The van der Waals surface area contributed by atoms with E-state index >= 15 is 0 Å². The van der Waals surface area contributed by atoms with Gasteiger partial charge < -0.3 is 14.8 Å². The number of nitrogens with one attached hydrogen (secondary N) is 2. The fourth-order valence-electron chi connectivity index (χ4n) is 3.43. The highest BCUT2D eigenvalue weighted by Gasteiger charge is 2.15. The van der Waals surface area contributed by atoms with Crippen LogP contribution in [0.5, 0.6) is 5.75 Å². The summed E-state index contributed by atoms with van der Waals surface area (Å²) in [5.41, 5.74) is 5.21. The zero-order valence-corrected chi connectivity index (χ0v) is 19.5. The number of fused-ring (bicyclic) bond motifs is 1. The minimum absolute atomic E-state index is 0.0298. The monoisotopic (exact) mass is 459 g/mol. The van der Waals surface area contributed by atoms with Crippen LogP contribution in [0.15, 0.2) is 65.1 Å². The minimum Gasteiger partial charge on any atom is -0.507 e. The van der Waals surface area contributed by atoms with E-state index in [2.05, 4.69) is 36.4 Å². The summed E-state index contributed by atoms with van der Waals surface area (Å²) in [6.07, 6.45) is 0.907. The second-order valence-corrected chi connectivity index (χ2v) is 8.50. The van der Waals surface area contributed by atoms with Gasteiger partial charge in [0.1, 0.15) is 11.3 Å². The smallest absolute Gasteiger partial charge is 0.257 e. The van der Waals surface area contributed by atoms with E-state index in [1.54, 1.807) is 24.3 Å². The van der Waals surface area contributed by atoms with Crippen LogP contribution in [0.25, 0.3) is 22.6 Å². The molecule has 1 aromatic heterocycles. The number of aromatic hydroxyl groups is 1. The molecular weight excluding hydrogens is 434 g/mol. The number of carbonyl (C=O) groups excluding carboxylic acids is 1. The number of aryl methyl sites for hydroxylation is 1. The molecule has 3 aromatic carbocycles. The third-order valence-electron chi connectivity index (χ3n) is 5.41. The van der Waals surface area contributed by atoms with Crippen molar-refractivity contribution in [3.05, 3.63) is 77.4 Å². The molecule has 0 unspecified atom stereocenters. The first-order chi connectivity index (χ1) is 15.8. The Morgan fingerprint density at radius 2 is 1.85 bits per heavy atom. The SMILES string of the molecule is CCc1ccc(C(=O)NC(=S)Nc2ccc(O)c(-c3nc4cc(C(C)C)ccc4o3)c2)cc1. The van der Waals surface area contributed by atoms with E-state index in [9.17, 15) is 9.90 Å². The number of oxazole rings is 1. The number of aromatic nitrogens is 1. The first-order valence-electron chi connectivity index (χ1n) is 10.8. The van der Waals surface area contributed by atoms with Gasteiger partial charge in [-0.2, -0.15) is 0 Å². The second kappa shape index (κ2) is 9.42. The number of amides is 1. The van der Waals surface area contributed by atoms with Crippen molar-refractivity contribution in [1.29, 1.82) is 0 Å². The lowest BCUT2D eigenvalue weighted by atomic mass is 10.0. The maximum atomic E-state index is 12.5. The highest BCUT2D eigenvalue weighted by Crippen LogP contribution is 2.34. The molecule has 0 bridgehead atoms. The summed E-state index contributed by atoms with van der Waals surface area (Å²) >= 11 is 5.30. The number of benzene rings is 3. The molecular formula is C26H25N3O3S. The Morgan fingerprint density at radius 3 is 2.55 bits per heavy atom. The maximum Gasteiger partial charge on any atom is 0.257 e. The Hall–Kier alpha value is -3.71. The van der Waals surface area contributed by atoms with Crippen LogP contribution < -0.4 is 10.6 Å². The fourth-order valence-corrected chi connectivity index (χ4v) is 3.64. The molecule has 0 fully saturated rings.